The number of urea groups is 1. The van der Waals surface area contributed by atoms with E-state index in [-0.39, 0.29) is 23.8 Å². The van der Waals surface area contributed by atoms with E-state index in [1.807, 2.05) is 38.1 Å². The number of thiazole rings is 1. The Kier molecular flexibility index (Phi) is 12.9. The Labute approximate surface area is 339 Å². The van der Waals surface area contributed by atoms with Gasteiger partial charge < -0.3 is 40.2 Å². The lowest BCUT2D eigenvalue weighted by Gasteiger charge is -2.30. The Balaban J connectivity index is 1.07. The molecule has 2 aliphatic rings. The van der Waals surface area contributed by atoms with Crippen LogP contribution in [0.5, 0.6) is 0 Å². The Hall–Kier alpha value is -6.04. The van der Waals surface area contributed by atoms with E-state index in [4.69, 9.17) is 9.72 Å². The van der Waals surface area contributed by atoms with Gasteiger partial charge in [0.25, 0.3) is 5.91 Å². The van der Waals surface area contributed by atoms with E-state index in [1.54, 1.807) is 43.1 Å². The number of imidazole rings is 1. The molecule has 18 heteroatoms. The van der Waals surface area contributed by atoms with E-state index in [1.165, 1.54) is 30.5 Å². The molecule has 2 aliphatic heterocycles. The fourth-order valence-electron chi connectivity index (χ4n) is 7.30. The van der Waals surface area contributed by atoms with Gasteiger partial charge in [-0.3, -0.25) is 19.7 Å². The van der Waals surface area contributed by atoms with Crippen molar-refractivity contribution in [2.24, 2.45) is 11.8 Å². The highest BCUT2D eigenvalue weighted by Gasteiger charge is 2.40. The summed E-state index contributed by atoms with van der Waals surface area (Å²) in [4.78, 5) is 92.8. The number of carbonyl (C=O) groups excluding carboxylic acids is 6. The van der Waals surface area contributed by atoms with Gasteiger partial charge in [0.1, 0.15) is 29.0 Å². The zero-order valence-corrected chi connectivity index (χ0v) is 34.1. The average Bonchev–Trinajstić information content (AvgIpc) is 4.04. The van der Waals surface area contributed by atoms with Crippen LogP contribution in [0.25, 0.3) is 32.0 Å². The zero-order chi connectivity index (χ0) is 41.7. The maximum Gasteiger partial charge on any atom is 0.407 e. The number of imide groups is 1. The summed E-state index contributed by atoms with van der Waals surface area (Å²) in [6, 6.07) is 9.70. The maximum absolute atomic E-state index is 13.5. The number of aromatic nitrogens is 3. The van der Waals surface area contributed by atoms with Gasteiger partial charge in [-0.25, -0.2) is 24.4 Å². The van der Waals surface area contributed by atoms with Crippen LogP contribution in [0.1, 0.15) is 65.2 Å². The van der Waals surface area contributed by atoms with Crippen molar-refractivity contribution in [3.63, 3.8) is 0 Å². The molecule has 0 aliphatic carbocycles. The molecule has 7 amide bonds. The van der Waals surface area contributed by atoms with Crippen molar-refractivity contribution in [2.75, 3.05) is 32.6 Å². The van der Waals surface area contributed by atoms with Crippen molar-refractivity contribution in [1.82, 2.24) is 40.7 Å². The molecule has 5 N–H and O–H groups in total. The number of rotatable bonds is 11. The lowest BCUT2D eigenvalue weighted by Crippen LogP contribution is -2.55. The van der Waals surface area contributed by atoms with Crippen molar-refractivity contribution >= 4 is 63.2 Å². The predicted octanol–water partition coefficient (Wildman–Crippen LogP) is 5.42. The number of likely N-dealkylation sites (tertiary alicyclic amines) is 2. The third-order valence-corrected chi connectivity index (χ3v) is 11.5. The number of nitrogens with one attached hydrogen (secondary N) is 5. The molecular formula is C40H49N9O8S. The van der Waals surface area contributed by atoms with Gasteiger partial charge in [0.05, 0.1) is 42.4 Å². The topological polar surface area (TPSA) is 217 Å². The first-order valence-corrected chi connectivity index (χ1v) is 20.1. The molecule has 2 aromatic heterocycles. The highest BCUT2D eigenvalue weighted by molar-refractivity contribution is 7.21. The third kappa shape index (κ3) is 9.22. The van der Waals surface area contributed by atoms with Gasteiger partial charge in [-0.15, -0.1) is 11.3 Å². The van der Waals surface area contributed by atoms with E-state index in [0.717, 1.165) is 44.9 Å². The van der Waals surface area contributed by atoms with Gasteiger partial charge in [0, 0.05) is 24.3 Å². The normalized spacial score (nSPS) is 17.6. The molecule has 17 nitrogen and oxygen atoms in total. The molecule has 0 saturated carbocycles. The molecule has 0 radical (unpaired) electrons. The van der Waals surface area contributed by atoms with Gasteiger partial charge in [0.2, 0.25) is 11.8 Å². The highest BCUT2D eigenvalue weighted by atomic mass is 32.1. The van der Waals surface area contributed by atoms with Crippen molar-refractivity contribution in [2.45, 2.75) is 77.5 Å². The zero-order valence-electron chi connectivity index (χ0n) is 33.3. The van der Waals surface area contributed by atoms with Crippen molar-refractivity contribution in [1.29, 1.82) is 0 Å². The first-order chi connectivity index (χ1) is 27.8. The second-order valence-corrected chi connectivity index (χ2v) is 16.0. The van der Waals surface area contributed by atoms with Gasteiger partial charge in [-0.1, -0.05) is 52.0 Å². The Morgan fingerprint density at radius 3 is 2.05 bits per heavy atom. The van der Waals surface area contributed by atoms with Crippen LogP contribution < -0.4 is 21.3 Å². The minimum absolute atomic E-state index is 0.130. The first kappa shape index (κ1) is 41.6. The third-order valence-electron chi connectivity index (χ3n) is 10.4. The summed E-state index contributed by atoms with van der Waals surface area (Å²) in [5, 5.41) is 11.1. The molecule has 2 aromatic carbocycles. The molecule has 0 spiro atoms. The molecular weight excluding hydrogens is 767 g/mol. The summed E-state index contributed by atoms with van der Waals surface area (Å²) in [6.07, 6.45) is 2.89. The average molecular weight is 816 g/mol. The van der Waals surface area contributed by atoms with E-state index in [9.17, 15) is 28.8 Å². The molecule has 4 atom stereocenters. The van der Waals surface area contributed by atoms with Crippen LogP contribution in [0.15, 0.2) is 48.7 Å². The first-order valence-electron chi connectivity index (χ1n) is 19.3. The molecule has 2 fully saturated rings. The lowest BCUT2D eigenvalue weighted by molar-refractivity contribution is -0.140. The number of anilines is 1. The fraction of sp³-hybridized carbons (Fsp3) is 0.450. The standard InChI is InChI=1S/C40H49N9O8S/c1-21(2)31(45-39(54)56-5)36(51)48-17-7-9-28(48)33-41-20-27(43-33)23-11-13-24(14-12-23)35-44-26-16-15-25(19-30(26)58-35)42-38(53)47-34(50)29-10-8-18-49(29)37(52)32(22(3)4)46-40(55)57-6/h11-16,19-22,28-29,31-32H,7-10,17-18H2,1-6H3,(H,41,43)(H,45,54)(H,46,55)(H2,42,47,50,53)/t28?,29?,31-,32?/m0/s1. The highest BCUT2D eigenvalue weighted by Crippen LogP contribution is 2.35. The van der Waals surface area contributed by atoms with Crippen LogP contribution >= 0.6 is 11.3 Å². The van der Waals surface area contributed by atoms with Crippen molar-refractivity contribution < 1.29 is 38.2 Å². The summed E-state index contributed by atoms with van der Waals surface area (Å²) >= 11 is 1.45. The molecule has 3 unspecified atom stereocenters. The summed E-state index contributed by atoms with van der Waals surface area (Å²) < 4.78 is 10.2. The number of alkyl carbamates (subject to hydrolysis) is 2. The maximum atomic E-state index is 13.5. The molecule has 6 rings (SSSR count). The Bertz CT molecular complexity index is 2170. The number of nitrogens with zero attached hydrogens (tertiary/aromatic N) is 4. The molecule has 0 bridgehead atoms. The summed E-state index contributed by atoms with van der Waals surface area (Å²) in [7, 11) is 2.48. The summed E-state index contributed by atoms with van der Waals surface area (Å²) in [5.41, 5.74) is 3.80. The van der Waals surface area contributed by atoms with Crippen LogP contribution in [-0.2, 0) is 23.9 Å². The van der Waals surface area contributed by atoms with Crippen LogP contribution in [0.2, 0.25) is 0 Å². The quantitative estimate of drug-likeness (QED) is 0.130. The fourth-order valence-corrected chi connectivity index (χ4v) is 8.31. The van der Waals surface area contributed by atoms with E-state index in [0.29, 0.717) is 37.4 Å². The lowest BCUT2D eigenvalue weighted by atomic mass is 10.0. The van der Waals surface area contributed by atoms with Gasteiger partial charge in [-0.2, -0.15) is 0 Å². The Morgan fingerprint density at radius 1 is 0.810 bits per heavy atom. The molecule has 58 heavy (non-hydrogen) atoms. The van der Waals surface area contributed by atoms with E-state index < -0.39 is 48.2 Å². The monoisotopic (exact) mass is 815 g/mol. The number of ether oxygens (including phenoxy) is 2. The number of benzene rings is 2. The number of aromatic amines is 1. The molecule has 4 heterocycles. The van der Waals surface area contributed by atoms with Gasteiger partial charge in [0.15, 0.2) is 0 Å². The van der Waals surface area contributed by atoms with Gasteiger partial charge >= 0.3 is 18.2 Å². The van der Waals surface area contributed by atoms with Crippen molar-refractivity contribution in [3.8, 4) is 21.8 Å². The minimum Gasteiger partial charge on any atom is -0.453 e. The van der Waals surface area contributed by atoms with Crippen LogP contribution in [0, 0.1) is 11.8 Å². The largest absolute Gasteiger partial charge is 0.453 e. The molecule has 2 saturated heterocycles. The number of carbonyl (C=O) groups is 6. The number of amides is 7. The molecule has 308 valence electrons. The summed E-state index contributed by atoms with van der Waals surface area (Å²) in [5.74, 6) is -0.899. The second-order valence-electron chi connectivity index (χ2n) is 15.0. The Morgan fingerprint density at radius 2 is 1.41 bits per heavy atom. The van der Waals surface area contributed by atoms with E-state index in [2.05, 4.69) is 36.0 Å². The minimum atomic E-state index is -0.884. The van der Waals surface area contributed by atoms with Crippen LogP contribution in [-0.4, -0.2) is 106 Å². The van der Waals surface area contributed by atoms with Gasteiger partial charge in [-0.05, 0) is 61.3 Å². The molecule has 4 aromatic rings. The summed E-state index contributed by atoms with van der Waals surface area (Å²) in [6.45, 7) is 8.21. The SMILES string of the molecule is COC(=O)NC(C(=O)N1CCCC1C(=O)NC(=O)Nc1ccc2nc(-c3ccc(-c4cnc(C5CCCN5C(=O)[C@@H](NC(=O)OC)C(C)C)[nH]4)cc3)sc2c1)C(C)C. The predicted molar refractivity (Wildman–Crippen MR) is 217 cm³/mol. The smallest absolute Gasteiger partial charge is 0.407 e. The van der Waals surface area contributed by atoms with E-state index >= 15 is 0 Å². The number of H-pyrrole nitrogens is 1. The number of methoxy groups -OCH3 is 2. The second kappa shape index (κ2) is 18.0. The number of hydrogen-bond donors (Lipinski definition) is 5. The number of fused-ring (bicyclic) bond motifs is 1. The number of hydrogen-bond acceptors (Lipinski definition) is 11. The van der Waals surface area contributed by atoms with Crippen LogP contribution in [0.3, 0.4) is 0 Å². The van der Waals surface area contributed by atoms with Crippen molar-refractivity contribution in [3.05, 3.63) is 54.5 Å². The van der Waals surface area contributed by atoms with Crippen LogP contribution in [0.4, 0.5) is 20.1 Å².